The van der Waals surface area contributed by atoms with Crippen LogP contribution in [0.2, 0.25) is 0 Å². The van der Waals surface area contributed by atoms with Crippen molar-refractivity contribution in [2.45, 2.75) is 19.6 Å². The van der Waals surface area contributed by atoms with E-state index in [-0.39, 0.29) is 0 Å². The Balaban J connectivity index is 2.33. The SMILES string of the molecule is COc1cnn(CCN(C)C)c1C(O)c1occc1C. The first-order chi connectivity index (χ1) is 9.54. The van der Waals surface area contributed by atoms with Crippen molar-refractivity contribution in [2.24, 2.45) is 0 Å². The van der Waals surface area contributed by atoms with Gasteiger partial charge in [0.15, 0.2) is 11.9 Å². The minimum absolute atomic E-state index is 0.523. The molecule has 0 fully saturated rings. The van der Waals surface area contributed by atoms with Gasteiger partial charge in [-0.3, -0.25) is 4.68 Å². The molecule has 2 rings (SSSR count). The van der Waals surface area contributed by atoms with Crippen LogP contribution in [0, 0.1) is 6.92 Å². The Morgan fingerprint density at radius 2 is 2.25 bits per heavy atom. The number of aliphatic hydroxyl groups is 1. The maximum atomic E-state index is 10.6. The van der Waals surface area contributed by atoms with Crippen LogP contribution >= 0.6 is 0 Å². The summed E-state index contributed by atoms with van der Waals surface area (Å²) in [5.41, 5.74) is 1.52. The van der Waals surface area contributed by atoms with Crippen LogP contribution in [0.3, 0.4) is 0 Å². The number of aliphatic hydroxyl groups excluding tert-OH is 1. The van der Waals surface area contributed by atoms with Crippen LogP contribution in [0.15, 0.2) is 22.9 Å². The highest BCUT2D eigenvalue weighted by Crippen LogP contribution is 2.31. The number of furan rings is 1. The Kier molecular flexibility index (Phi) is 4.46. The van der Waals surface area contributed by atoms with E-state index in [0.717, 1.165) is 12.1 Å². The average Bonchev–Trinajstić information content (AvgIpc) is 3.01. The lowest BCUT2D eigenvalue weighted by molar-refractivity contribution is 0.171. The molecular weight excluding hydrogens is 258 g/mol. The highest BCUT2D eigenvalue weighted by molar-refractivity contribution is 5.34. The topological polar surface area (TPSA) is 63.7 Å². The number of ether oxygens (including phenoxy) is 1. The van der Waals surface area contributed by atoms with Crippen LogP contribution in [0.4, 0.5) is 0 Å². The molecule has 0 aliphatic heterocycles. The first-order valence-electron chi connectivity index (χ1n) is 6.51. The molecule has 2 heterocycles. The molecule has 6 heteroatoms. The molecule has 2 aromatic heterocycles. The maximum Gasteiger partial charge on any atom is 0.163 e. The third kappa shape index (κ3) is 2.86. The number of likely N-dealkylation sites (N-methyl/N-ethyl adjacent to an activating group) is 1. The Hall–Kier alpha value is -1.79. The summed E-state index contributed by atoms with van der Waals surface area (Å²) < 4.78 is 12.4. The highest BCUT2D eigenvalue weighted by atomic mass is 16.5. The van der Waals surface area contributed by atoms with Gasteiger partial charge < -0.3 is 19.2 Å². The van der Waals surface area contributed by atoms with Crippen LogP contribution < -0.4 is 4.74 Å². The Bertz CT molecular complexity index is 560. The van der Waals surface area contributed by atoms with Gasteiger partial charge in [0.05, 0.1) is 26.1 Å². The van der Waals surface area contributed by atoms with Gasteiger partial charge in [0.25, 0.3) is 0 Å². The molecule has 20 heavy (non-hydrogen) atoms. The van der Waals surface area contributed by atoms with Gasteiger partial charge in [-0.2, -0.15) is 5.10 Å². The van der Waals surface area contributed by atoms with Gasteiger partial charge in [-0.05, 0) is 32.6 Å². The first kappa shape index (κ1) is 14.6. The highest BCUT2D eigenvalue weighted by Gasteiger charge is 2.25. The van der Waals surface area contributed by atoms with E-state index in [0.29, 0.717) is 23.7 Å². The van der Waals surface area contributed by atoms with Crippen LogP contribution in [-0.4, -0.2) is 47.5 Å². The number of nitrogens with zero attached hydrogens (tertiary/aromatic N) is 3. The molecule has 0 bridgehead atoms. The fourth-order valence-corrected chi connectivity index (χ4v) is 2.07. The molecule has 0 aliphatic carbocycles. The normalized spacial score (nSPS) is 12.9. The zero-order chi connectivity index (χ0) is 14.7. The van der Waals surface area contributed by atoms with E-state index in [2.05, 4.69) is 10.00 Å². The van der Waals surface area contributed by atoms with Gasteiger partial charge in [-0.1, -0.05) is 0 Å². The largest absolute Gasteiger partial charge is 0.493 e. The molecular formula is C14H21N3O3. The van der Waals surface area contributed by atoms with Crippen LogP contribution in [0.5, 0.6) is 5.75 Å². The Morgan fingerprint density at radius 3 is 2.80 bits per heavy atom. The second-order valence-electron chi connectivity index (χ2n) is 5.00. The fraction of sp³-hybridized carbons (Fsp3) is 0.500. The summed E-state index contributed by atoms with van der Waals surface area (Å²) in [6.45, 7) is 3.39. The molecule has 0 saturated carbocycles. The van der Waals surface area contributed by atoms with E-state index in [1.54, 1.807) is 24.3 Å². The van der Waals surface area contributed by atoms with E-state index in [9.17, 15) is 5.11 Å². The lowest BCUT2D eigenvalue weighted by Crippen LogP contribution is -2.21. The van der Waals surface area contributed by atoms with Crippen molar-refractivity contribution in [3.05, 3.63) is 35.5 Å². The van der Waals surface area contributed by atoms with E-state index < -0.39 is 6.10 Å². The molecule has 0 saturated heterocycles. The van der Waals surface area contributed by atoms with Crippen molar-refractivity contribution in [2.75, 3.05) is 27.7 Å². The number of rotatable bonds is 6. The summed E-state index contributed by atoms with van der Waals surface area (Å²) in [6, 6.07) is 1.82. The monoisotopic (exact) mass is 279 g/mol. The maximum absolute atomic E-state index is 10.6. The summed E-state index contributed by atoms with van der Waals surface area (Å²) >= 11 is 0. The smallest absolute Gasteiger partial charge is 0.163 e. The summed E-state index contributed by atoms with van der Waals surface area (Å²) in [5, 5.41) is 14.8. The molecule has 1 atom stereocenters. The molecule has 0 radical (unpaired) electrons. The van der Waals surface area contributed by atoms with Crippen molar-refractivity contribution in [3.63, 3.8) is 0 Å². The summed E-state index contributed by atoms with van der Waals surface area (Å²) in [6.07, 6.45) is 2.30. The predicted molar refractivity (Wildman–Crippen MR) is 74.8 cm³/mol. The molecule has 2 aromatic rings. The minimum Gasteiger partial charge on any atom is -0.493 e. The molecule has 0 aliphatic rings. The van der Waals surface area contributed by atoms with Crippen molar-refractivity contribution >= 4 is 0 Å². The van der Waals surface area contributed by atoms with Gasteiger partial charge >= 0.3 is 0 Å². The van der Waals surface area contributed by atoms with Crippen molar-refractivity contribution in [1.29, 1.82) is 0 Å². The summed E-state index contributed by atoms with van der Waals surface area (Å²) in [4.78, 5) is 2.06. The zero-order valence-electron chi connectivity index (χ0n) is 12.3. The van der Waals surface area contributed by atoms with Gasteiger partial charge in [0.2, 0.25) is 0 Å². The van der Waals surface area contributed by atoms with Gasteiger partial charge in [0.1, 0.15) is 11.5 Å². The number of methoxy groups -OCH3 is 1. The molecule has 0 amide bonds. The third-order valence-corrected chi connectivity index (χ3v) is 3.23. The summed E-state index contributed by atoms with van der Waals surface area (Å²) in [5.74, 6) is 1.09. The van der Waals surface area contributed by atoms with E-state index in [1.165, 1.54) is 0 Å². The van der Waals surface area contributed by atoms with Crippen LogP contribution in [0.25, 0.3) is 0 Å². The second-order valence-corrected chi connectivity index (χ2v) is 5.00. The van der Waals surface area contributed by atoms with Gasteiger partial charge in [0, 0.05) is 6.54 Å². The fourth-order valence-electron chi connectivity index (χ4n) is 2.07. The average molecular weight is 279 g/mol. The van der Waals surface area contributed by atoms with Gasteiger partial charge in [-0.15, -0.1) is 0 Å². The lowest BCUT2D eigenvalue weighted by atomic mass is 10.1. The second kappa shape index (κ2) is 6.11. The standard InChI is InChI=1S/C14H21N3O3/c1-10-5-8-20-14(10)13(18)12-11(19-4)9-15-17(12)7-6-16(2)3/h5,8-9,13,18H,6-7H2,1-4H3. The summed E-state index contributed by atoms with van der Waals surface area (Å²) in [7, 11) is 5.56. The first-order valence-corrected chi connectivity index (χ1v) is 6.51. The van der Waals surface area contributed by atoms with Crippen molar-refractivity contribution in [1.82, 2.24) is 14.7 Å². The lowest BCUT2D eigenvalue weighted by Gasteiger charge is -2.16. The Labute approximate surface area is 118 Å². The van der Waals surface area contributed by atoms with E-state index in [4.69, 9.17) is 9.15 Å². The molecule has 110 valence electrons. The van der Waals surface area contributed by atoms with Crippen LogP contribution in [0.1, 0.15) is 23.1 Å². The molecule has 1 unspecified atom stereocenters. The molecule has 6 nitrogen and oxygen atoms in total. The molecule has 0 aromatic carbocycles. The van der Waals surface area contributed by atoms with Crippen molar-refractivity contribution < 1.29 is 14.3 Å². The quantitative estimate of drug-likeness (QED) is 0.866. The number of aromatic nitrogens is 2. The van der Waals surface area contributed by atoms with E-state index >= 15 is 0 Å². The number of hydrogen-bond donors (Lipinski definition) is 1. The zero-order valence-corrected chi connectivity index (χ0v) is 12.3. The van der Waals surface area contributed by atoms with E-state index in [1.807, 2.05) is 27.1 Å². The van der Waals surface area contributed by atoms with Crippen molar-refractivity contribution in [3.8, 4) is 5.75 Å². The number of aryl methyl sites for hydroxylation is 1. The predicted octanol–water partition coefficient (Wildman–Crippen LogP) is 1.44. The minimum atomic E-state index is -0.885. The Morgan fingerprint density at radius 1 is 1.50 bits per heavy atom. The molecule has 0 spiro atoms. The third-order valence-electron chi connectivity index (χ3n) is 3.23. The molecule has 1 N–H and O–H groups in total. The van der Waals surface area contributed by atoms with Gasteiger partial charge in [-0.25, -0.2) is 0 Å². The van der Waals surface area contributed by atoms with Crippen LogP contribution in [-0.2, 0) is 6.54 Å². The number of hydrogen-bond acceptors (Lipinski definition) is 5.